The second-order valence-electron chi connectivity index (χ2n) is 4.69. The third kappa shape index (κ3) is 2.43. The summed E-state index contributed by atoms with van der Waals surface area (Å²) in [6, 6.07) is 7.48. The molecular weight excluding hydrogens is 330 g/mol. The van der Waals surface area contributed by atoms with Crippen molar-refractivity contribution >= 4 is 26.8 Å². The number of ether oxygens (including phenoxy) is 2. The van der Waals surface area contributed by atoms with Crippen LogP contribution in [0.25, 0.3) is 10.9 Å². The molecule has 2 heterocycles. The van der Waals surface area contributed by atoms with Crippen molar-refractivity contribution in [2.75, 3.05) is 6.61 Å². The van der Waals surface area contributed by atoms with Gasteiger partial charge in [-0.05, 0) is 18.2 Å². The number of hydrogen-bond donors (Lipinski definition) is 4. The van der Waals surface area contributed by atoms with Gasteiger partial charge in [-0.15, -0.1) is 0 Å². The van der Waals surface area contributed by atoms with Gasteiger partial charge in [0.1, 0.15) is 12.2 Å². The molecular formula is C13H14BrNO5. The lowest BCUT2D eigenvalue weighted by molar-refractivity contribution is -0.128. The van der Waals surface area contributed by atoms with Crippen LogP contribution in [0.5, 0.6) is 5.88 Å². The average Bonchev–Trinajstić information content (AvgIpc) is 2.93. The van der Waals surface area contributed by atoms with Gasteiger partial charge in [-0.1, -0.05) is 15.9 Å². The highest BCUT2D eigenvalue weighted by Crippen LogP contribution is 2.28. The van der Waals surface area contributed by atoms with E-state index in [-0.39, 0.29) is 6.61 Å². The predicted molar refractivity (Wildman–Crippen MR) is 74.4 cm³/mol. The van der Waals surface area contributed by atoms with E-state index in [0.29, 0.717) is 5.88 Å². The number of hydrogen-bond acceptors (Lipinski definition) is 5. The largest absolute Gasteiger partial charge is 0.467 e. The quantitative estimate of drug-likeness (QED) is 0.659. The number of nitrogens with one attached hydrogen (secondary N) is 1. The van der Waals surface area contributed by atoms with Crippen LogP contribution < -0.4 is 4.74 Å². The van der Waals surface area contributed by atoms with Gasteiger partial charge in [0.15, 0.2) is 18.3 Å². The number of H-pyrrole nitrogens is 1. The summed E-state index contributed by atoms with van der Waals surface area (Å²) in [5, 5.41) is 29.6. The monoisotopic (exact) mass is 343 g/mol. The van der Waals surface area contributed by atoms with E-state index in [0.717, 1.165) is 15.4 Å². The molecule has 1 aliphatic heterocycles. The fourth-order valence-electron chi connectivity index (χ4n) is 2.28. The van der Waals surface area contributed by atoms with E-state index in [4.69, 9.17) is 14.6 Å². The molecule has 1 saturated heterocycles. The Kier molecular flexibility index (Phi) is 3.70. The number of aromatic nitrogens is 1. The van der Waals surface area contributed by atoms with E-state index in [1.165, 1.54) is 0 Å². The summed E-state index contributed by atoms with van der Waals surface area (Å²) < 4.78 is 11.5. The molecule has 0 spiro atoms. The Bertz CT molecular complexity index is 616. The zero-order chi connectivity index (χ0) is 14.3. The van der Waals surface area contributed by atoms with Gasteiger partial charge in [0.2, 0.25) is 0 Å². The summed E-state index contributed by atoms with van der Waals surface area (Å²) in [7, 11) is 0. The summed E-state index contributed by atoms with van der Waals surface area (Å²) in [6.07, 6.45) is -4.15. The third-order valence-electron chi connectivity index (χ3n) is 3.31. The molecule has 1 aromatic heterocycles. The van der Waals surface area contributed by atoms with E-state index in [1.807, 2.05) is 18.2 Å². The molecule has 1 aromatic carbocycles. The summed E-state index contributed by atoms with van der Waals surface area (Å²) in [6.45, 7) is -0.377. The van der Waals surface area contributed by atoms with Gasteiger partial charge in [-0.25, -0.2) is 0 Å². The van der Waals surface area contributed by atoms with Crippen LogP contribution in [0.4, 0.5) is 0 Å². The Balaban J connectivity index is 1.82. The molecule has 0 amide bonds. The number of aliphatic hydroxyl groups is 3. The Morgan fingerprint density at radius 3 is 2.80 bits per heavy atom. The smallest absolute Gasteiger partial charge is 0.195 e. The Morgan fingerprint density at radius 2 is 2.10 bits per heavy atom. The molecule has 2 aromatic rings. The standard InChI is InChI=1S/C13H14BrNO5/c14-7-1-2-8-6(3-7)4-10(15-8)20-12-11(17)9(5-16)19-13(12)18/h1-4,9,11-13,15-18H,5H2/t9-,11-,12+,13+/m0/s1. The molecule has 3 rings (SSSR count). The molecule has 0 saturated carbocycles. The van der Waals surface area contributed by atoms with E-state index >= 15 is 0 Å². The minimum atomic E-state index is -1.28. The van der Waals surface area contributed by atoms with Gasteiger partial charge in [-0.2, -0.15) is 0 Å². The fraction of sp³-hybridized carbons (Fsp3) is 0.385. The first kappa shape index (κ1) is 13.8. The van der Waals surface area contributed by atoms with Crippen LogP contribution in [0.2, 0.25) is 0 Å². The first-order chi connectivity index (χ1) is 9.58. The lowest BCUT2D eigenvalue weighted by atomic mass is 10.1. The van der Waals surface area contributed by atoms with Crippen LogP contribution in [-0.2, 0) is 4.74 Å². The molecule has 108 valence electrons. The van der Waals surface area contributed by atoms with Gasteiger partial charge in [0, 0.05) is 21.4 Å². The summed E-state index contributed by atoms with van der Waals surface area (Å²) in [5.74, 6) is 0.420. The van der Waals surface area contributed by atoms with Gasteiger partial charge in [0.05, 0.1) is 6.61 Å². The van der Waals surface area contributed by atoms with Crippen molar-refractivity contribution in [3.8, 4) is 5.88 Å². The summed E-state index contributed by atoms with van der Waals surface area (Å²) in [4.78, 5) is 3.04. The van der Waals surface area contributed by atoms with Crippen LogP contribution >= 0.6 is 15.9 Å². The summed E-state index contributed by atoms with van der Waals surface area (Å²) in [5.41, 5.74) is 0.879. The van der Waals surface area contributed by atoms with Crippen LogP contribution in [-0.4, -0.2) is 51.5 Å². The number of rotatable bonds is 3. The van der Waals surface area contributed by atoms with E-state index in [1.54, 1.807) is 6.07 Å². The molecule has 0 radical (unpaired) electrons. The predicted octanol–water partition coefficient (Wildman–Crippen LogP) is 0.748. The minimum Gasteiger partial charge on any atom is -0.467 e. The molecule has 0 bridgehead atoms. The molecule has 4 N–H and O–H groups in total. The van der Waals surface area contributed by atoms with E-state index < -0.39 is 24.6 Å². The zero-order valence-corrected chi connectivity index (χ0v) is 11.9. The Hall–Kier alpha value is -1.12. The number of benzene rings is 1. The van der Waals surface area contributed by atoms with Gasteiger partial charge in [0.25, 0.3) is 0 Å². The minimum absolute atomic E-state index is 0.377. The van der Waals surface area contributed by atoms with Crippen molar-refractivity contribution in [3.05, 3.63) is 28.7 Å². The second kappa shape index (κ2) is 5.34. The van der Waals surface area contributed by atoms with Gasteiger partial charge in [-0.3, -0.25) is 0 Å². The third-order valence-corrected chi connectivity index (χ3v) is 3.81. The molecule has 20 heavy (non-hydrogen) atoms. The highest BCUT2D eigenvalue weighted by atomic mass is 79.9. The maximum atomic E-state index is 9.91. The fourth-order valence-corrected chi connectivity index (χ4v) is 2.66. The van der Waals surface area contributed by atoms with E-state index in [2.05, 4.69) is 20.9 Å². The first-order valence-corrected chi connectivity index (χ1v) is 6.95. The average molecular weight is 344 g/mol. The number of fused-ring (bicyclic) bond motifs is 1. The number of aromatic amines is 1. The van der Waals surface area contributed by atoms with Crippen LogP contribution in [0, 0.1) is 0 Å². The van der Waals surface area contributed by atoms with Gasteiger partial charge < -0.3 is 29.8 Å². The van der Waals surface area contributed by atoms with Crippen molar-refractivity contribution < 1.29 is 24.8 Å². The van der Waals surface area contributed by atoms with Crippen molar-refractivity contribution in [3.63, 3.8) is 0 Å². The topological polar surface area (TPSA) is 94.9 Å². The Morgan fingerprint density at radius 1 is 1.30 bits per heavy atom. The number of aliphatic hydroxyl groups excluding tert-OH is 3. The highest BCUT2D eigenvalue weighted by molar-refractivity contribution is 9.10. The molecule has 4 atom stereocenters. The highest BCUT2D eigenvalue weighted by Gasteiger charge is 2.44. The van der Waals surface area contributed by atoms with Crippen LogP contribution in [0.1, 0.15) is 0 Å². The maximum absolute atomic E-state index is 9.91. The van der Waals surface area contributed by atoms with Crippen molar-refractivity contribution in [1.29, 1.82) is 0 Å². The maximum Gasteiger partial charge on any atom is 0.195 e. The molecule has 7 heteroatoms. The van der Waals surface area contributed by atoms with Crippen molar-refractivity contribution in [1.82, 2.24) is 4.98 Å². The molecule has 0 aliphatic carbocycles. The van der Waals surface area contributed by atoms with Crippen LogP contribution in [0.15, 0.2) is 28.7 Å². The first-order valence-electron chi connectivity index (χ1n) is 6.16. The lowest BCUT2D eigenvalue weighted by Crippen LogP contribution is -2.38. The zero-order valence-electron chi connectivity index (χ0n) is 10.4. The van der Waals surface area contributed by atoms with Crippen molar-refractivity contribution in [2.24, 2.45) is 0 Å². The SMILES string of the molecule is OC[C@@H]1O[C@@H](O)[C@H](Oc2cc3cc(Br)ccc3[nH]2)[C@H]1O. The van der Waals surface area contributed by atoms with Crippen molar-refractivity contribution in [2.45, 2.75) is 24.6 Å². The number of halogens is 1. The van der Waals surface area contributed by atoms with E-state index in [9.17, 15) is 10.2 Å². The second-order valence-corrected chi connectivity index (χ2v) is 5.60. The van der Waals surface area contributed by atoms with Crippen LogP contribution in [0.3, 0.4) is 0 Å². The molecule has 6 nitrogen and oxygen atoms in total. The normalized spacial score (nSPS) is 30.0. The lowest BCUT2D eigenvalue weighted by Gasteiger charge is -2.17. The van der Waals surface area contributed by atoms with Gasteiger partial charge >= 0.3 is 0 Å². The summed E-state index contributed by atoms with van der Waals surface area (Å²) >= 11 is 3.38. The molecule has 1 fully saturated rings. The molecule has 1 aliphatic rings. The molecule has 0 unspecified atom stereocenters. The Labute approximate surface area is 123 Å².